The van der Waals surface area contributed by atoms with Crippen molar-refractivity contribution in [3.05, 3.63) is 47.3 Å². The predicted molar refractivity (Wildman–Crippen MR) is 118 cm³/mol. The molecule has 7 heteroatoms. The van der Waals surface area contributed by atoms with Crippen molar-refractivity contribution in [1.82, 2.24) is 15.1 Å². The first-order chi connectivity index (χ1) is 13.4. The lowest BCUT2D eigenvalue weighted by Crippen LogP contribution is -2.33. The number of aromatic nitrogens is 2. The van der Waals surface area contributed by atoms with Crippen LogP contribution >= 0.6 is 23.5 Å². The zero-order valence-electron chi connectivity index (χ0n) is 16.6. The molecule has 2 aromatic rings. The van der Waals surface area contributed by atoms with Gasteiger partial charge in [-0.05, 0) is 51.7 Å². The Labute approximate surface area is 174 Å². The first-order valence-electron chi connectivity index (χ1n) is 9.70. The fourth-order valence-corrected chi connectivity index (χ4v) is 5.61. The quantitative estimate of drug-likeness (QED) is 0.784. The number of nitrogens with zero attached hydrogens (tertiary/aromatic N) is 3. The normalized spacial score (nSPS) is 18.8. The highest BCUT2D eigenvalue weighted by Crippen LogP contribution is 2.35. The van der Waals surface area contributed by atoms with Crippen LogP contribution in [0.1, 0.15) is 56.5 Å². The van der Waals surface area contributed by atoms with Gasteiger partial charge in [-0.1, -0.05) is 41.7 Å². The maximum Gasteiger partial charge on any atom is 0.230 e. The van der Waals surface area contributed by atoms with Gasteiger partial charge >= 0.3 is 0 Å². The molecule has 0 radical (unpaired) electrons. The Balaban J connectivity index is 1.38. The topological polar surface area (TPSA) is 59.3 Å². The summed E-state index contributed by atoms with van der Waals surface area (Å²) in [5, 5.41) is 7.83. The number of carbonyl (C=O) groups is 1. The van der Waals surface area contributed by atoms with Crippen LogP contribution in [0, 0.1) is 0 Å². The fourth-order valence-electron chi connectivity index (χ4n) is 3.73. The van der Waals surface area contributed by atoms with Gasteiger partial charge in [0.05, 0.1) is 29.2 Å². The number of hydrogen-bond donors (Lipinski definition) is 1. The second kappa shape index (κ2) is 7.95. The summed E-state index contributed by atoms with van der Waals surface area (Å²) in [6.07, 6.45) is 5.02. The molecule has 1 aliphatic carbocycles. The van der Waals surface area contributed by atoms with Crippen molar-refractivity contribution in [3.8, 4) is 0 Å². The van der Waals surface area contributed by atoms with E-state index in [1.807, 2.05) is 24.4 Å². The van der Waals surface area contributed by atoms with Crippen molar-refractivity contribution in [1.29, 1.82) is 0 Å². The van der Waals surface area contributed by atoms with E-state index in [0.29, 0.717) is 5.75 Å². The molecule has 148 valence electrons. The van der Waals surface area contributed by atoms with Crippen LogP contribution in [0.25, 0.3) is 0 Å². The molecule has 0 spiro atoms. The van der Waals surface area contributed by atoms with Gasteiger partial charge < -0.3 is 5.32 Å². The van der Waals surface area contributed by atoms with E-state index in [-0.39, 0.29) is 17.5 Å². The molecular weight excluding hydrogens is 388 g/mol. The summed E-state index contributed by atoms with van der Waals surface area (Å²) >= 11 is 3.24. The first-order valence-corrected chi connectivity index (χ1v) is 11.7. The number of hydrogen-bond acceptors (Lipinski definition) is 5. The van der Waals surface area contributed by atoms with Crippen molar-refractivity contribution in [3.63, 3.8) is 0 Å². The van der Waals surface area contributed by atoms with Gasteiger partial charge in [-0.2, -0.15) is 5.10 Å². The molecule has 0 unspecified atom stereocenters. The molecule has 1 aromatic heterocycles. The van der Waals surface area contributed by atoms with Crippen LogP contribution in [0.2, 0.25) is 0 Å². The van der Waals surface area contributed by atoms with E-state index in [4.69, 9.17) is 0 Å². The van der Waals surface area contributed by atoms with Crippen LogP contribution in [0.15, 0.2) is 35.5 Å². The van der Waals surface area contributed by atoms with E-state index in [2.05, 4.69) is 46.9 Å². The van der Waals surface area contributed by atoms with Gasteiger partial charge in [0, 0.05) is 17.0 Å². The Morgan fingerprint density at radius 3 is 3.00 bits per heavy atom. The summed E-state index contributed by atoms with van der Waals surface area (Å²) in [7, 11) is 0. The molecule has 1 atom stereocenters. The van der Waals surface area contributed by atoms with Crippen molar-refractivity contribution < 1.29 is 4.79 Å². The van der Waals surface area contributed by atoms with Crippen LogP contribution in [-0.2, 0) is 22.5 Å². The maximum atomic E-state index is 12.6. The van der Waals surface area contributed by atoms with E-state index in [1.54, 1.807) is 11.8 Å². The maximum absolute atomic E-state index is 12.6. The van der Waals surface area contributed by atoms with E-state index in [1.165, 1.54) is 28.6 Å². The number of amides is 1. The van der Waals surface area contributed by atoms with Crippen molar-refractivity contribution in [2.45, 2.75) is 57.4 Å². The molecule has 2 aliphatic rings. The van der Waals surface area contributed by atoms with Gasteiger partial charge in [0.25, 0.3) is 0 Å². The molecule has 0 saturated heterocycles. The number of para-hydroxylation sites is 1. The van der Waals surface area contributed by atoms with E-state index >= 15 is 0 Å². The first kappa shape index (κ1) is 19.6. The largest absolute Gasteiger partial charge is 0.348 e. The molecule has 0 bridgehead atoms. The Bertz CT molecular complexity index is 913. The third-order valence-corrected chi connectivity index (χ3v) is 7.28. The smallest absolute Gasteiger partial charge is 0.230 e. The molecule has 0 saturated carbocycles. The number of rotatable bonds is 3. The fraction of sp³-hybridized carbons (Fsp3) is 0.476. The van der Waals surface area contributed by atoms with Crippen molar-refractivity contribution in [2.24, 2.45) is 4.99 Å². The molecular formula is C21H26N4OS2. The van der Waals surface area contributed by atoms with Gasteiger partial charge in [-0.15, -0.1) is 0 Å². The standard InChI is InChI=1S/C21H26N4OS2/c1-21(2,3)25-18-10-6-9-17(15(18)11-22-25)23-19(26)13-28-20-24-16-8-5-4-7-14(16)12-27-20/h4-5,7-8,11,17H,6,9-10,12-13H2,1-3H3,(H,23,26)/t17-/m0/s1. The van der Waals surface area contributed by atoms with Gasteiger partial charge in [0.15, 0.2) is 0 Å². The van der Waals surface area contributed by atoms with E-state index in [9.17, 15) is 4.79 Å². The van der Waals surface area contributed by atoms with E-state index < -0.39 is 0 Å². The predicted octanol–water partition coefficient (Wildman–Crippen LogP) is 4.80. The molecule has 1 aromatic carbocycles. The minimum absolute atomic E-state index is 0.0397. The number of nitrogens with one attached hydrogen (secondary N) is 1. The number of carbonyl (C=O) groups excluding carboxylic acids is 1. The zero-order valence-corrected chi connectivity index (χ0v) is 18.2. The Hall–Kier alpha value is -1.73. The summed E-state index contributed by atoms with van der Waals surface area (Å²) < 4.78 is 3.08. The Morgan fingerprint density at radius 2 is 2.18 bits per heavy atom. The lowest BCUT2D eigenvalue weighted by atomic mass is 9.92. The number of benzene rings is 1. The number of thioether (sulfide) groups is 2. The van der Waals surface area contributed by atoms with Crippen LogP contribution in [-0.4, -0.2) is 25.8 Å². The minimum Gasteiger partial charge on any atom is -0.348 e. The minimum atomic E-state index is -0.0397. The molecule has 5 nitrogen and oxygen atoms in total. The highest BCUT2D eigenvalue weighted by Gasteiger charge is 2.29. The van der Waals surface area contributed by atoms with Gasteiger partial charge in [0.1, 0.15) is 4.38 Å². The van der Waals surface area contributed by atoms with Crippen LogP contribution in [0.4, 0.5) is 5.69 Å². The number of fused-ring (bicyclic) bond motifs is 2. The van der Waals surface area contributed by atoms with E-state index in [0.717, 1.165) is 35.1 Å². The lowest BCUT2D eigenvalue weighted by Gasteiger charge is -2.28. The Morgan fingerprint density at radius 1 is 1.36 bits per heavy atom. The summed E-state index contributed by atoms with van der Waals surface area (Å²) in [6, 6.07) is 8.26. The molecule has 1 amide bonds. The monoisotopic (exact) mass is 414 g/mol. The third kappa shape index (κ3) is 4.15. The molecule has 28 heavy (non-hydrogen) atoms. The number of aliphatic imine (C=N–C) groups is 1. The highest BCUT2D eigenvalue weighted by atomic mass is 32.2. The summed E-state index contributed by atoms with van der Waals surface area (Å²) in [5.74, 6) is 1.38. The van der Waals surface area contributed by atoms with Crippen molar-refractivity contribution >= 4 is 39.5 Å². The molecule has 2 heterocycles. The SMILES string of the molecule is CC(C)(C)n1ncc2c1CCC[C@@H]2NC(=O)CSC1=Nc2ccccc2CS1. The third-order valence-electron chi connectivity index (χ3n) is 5.03. The van der Waals surface area contributed by atoms with Gasteiger partial charge in [-0.3, -0.25) is 9.48 Å². The van der Waals surface area contributed by atoms with Crippen molar-refractivity contribution in [2.75, 3.05) is 5.75 Å². The van der Waals surface area contributed by atoms with Crippen LogP contribution < -0.4 is 5.32 Å². The summed E-state index contributed by atoms with van der Waals surface area (Å²) in [6.45, 7) is 6.50. The van der Waals surface area contributed by atoms with Gasteiger partial charge in [-0.25, -0.2) is 4.99 Å². The van der Waals surface area contributed by atoms with Crippen LogP contribution in [0.3, 0.4) is 0 Å². The average Bonchev–Trinajstić information content (AvgIpc) is 3.12. The second-order valence-electron chi connectivity index (χ2n) is 8.23. The summed E-state index contributed by atoms with van der Waals surface area (Å²) in [4.78, 5) is 17.3. The van der Waals surface area contributed by atoms with Crippen LogP contribution in [0.5, 0.6) is 0 Å². The summed E-state index contributed by atoms with van der Waals surface area (Å²) in [5.41, 5.74) is 4.68. The highest BCUT2D eigenvalue weighted by molar-refractivity contribution is 8.38. The Kier molecular flexibility index (Phi) is 5.56. The molecule has 1 N–H and O–H groups in total. The van der Waals surface area contributed by atoms with Gasteiger partial charge in [0.2, 0.25) is 5.91 Å². The zero-order chi connectivity index (χ0) is 19.7. The average molecular weight is 415 g/mol. The second-order valence-corrected chi connectivity index (χ2v) is 10.4. The molecule has 0 fully saturated rings. The lowest BCUT2D eigenvalue weighted by molar-refractivity contribution is -0.119. The molecule has 4 rings (SSSR count). The molecule has 1 aliphatic heterocycles.